The number of hydrogen-bond donors (Lipinski definition) is 2. The lowest BCUT2D eigenvalue weighted by Crippen LogP contribution is -2.18. The van der Waals surface area contributed by atoms with E-state index in [9.17, 15) is 9.59 Å². The highest BCUT2D eigenvalue weighted by Gasteiger charge is 2.13. The predicted molar refractivity (Wildman–Crippen MR) is 66.6 cm³/mol. The quantitative estimate of drug-likeness (QED) is 0.745. The lowest BCUT2D eigenvalue weighted by molar-refractivity contribution is -0.116. The van der Waals surface area contributed by atoms with Gasteiger partial charge >= 0.3 is 5.97 Å². The second-order valence-electron chi connectivity index (χ2n) is 2.80. The van der Waals surface area contributed by atoms with E-state index >= 15 is 0 Å². The smallest absolute Gasteiger partial charge is 0.335 e. The van der Waals surface area contributed by atoms with Gasteiger partial charge < -0.3 is 10.4 Å². The average molecular weight is 255 g/mol. The molecule has 2 N–H and O–H groups in total. The lowest BCUT2D eigenvalue weighted by Gasteiger charge is -1.88. The minimum atomic E-state index is -0.879. The molecule has 1 aliphatic rings. The summed E-state index contributed by atoms with van der Waals surface area (Å²) in [5, 5.41) is 10.9. The van der Waals surface area contributed by atoms with Gasteiger partial charge in [0.1, 0.15) is 4.32 Å². The predicted octanol–water partition coefficient (Wildman–Crippen LogP) is 1.52. The van der Waals surface area contributed by atoms with E-state index in [0.29, 0.717) is 15.6 Å². The Hall–Kier alpha value is -1.40. The SMILES string of the molecule is O=C(O)c1ccccc1.O=C1CSC(=S)N1. The number of rotatable bonds is 1. The van der Waals surface area contributed by atoms with E-state index in [1.807, 2.05) is 0 Å². The van der Waals surface area contributed by atoms with Crippen molar-refractivity contribution in [2.75, 3.05) is 5.75 Å². The third-order valence-corrected chi connectivity index (χ3v) is 2.82. The van der Waals surface area contributed by atoms with E-state index in [1.165, 1.54) is 11.8 Å². The van der Waals surface area contributed by atoms with Gasteiger partial charge in [-0.05, 0) is 12.1 Å². The fraction of sp³-hybridized carbons (Fsp3) is 0.100. The molecule has 6 heteroatoms. The van der Waals surface area contributed by atoms with Crippen LogP contribution in [0.1, 0.15) is 10.4 Å². The second-order valence-corrected chi connectivity index (χ2v) is 4.45. The Morgan fingerprint density at radius 2 is 2.00 bits per heavy atom. The van der Waals surface area contributed by atoms with Gasteiger partial charge in [0, 0.05) is 0 Å². The van der Waals surface area contributed by atoms with Gasteiger partial charge in [-0.15, -0.1) is 0 Å². The van der Waals surface area contributed by atoms with Crippen LogP contribution in [-0.4, -0.2) is 27.1 Å². The topological polar surface area (TPSA) is 66.4 Å². The van der Waals surface area contributed by atoms with Gasteiger partial charge in [-0.2, -0.15) is 0 Å². The minimum absolute atomic E-state index is 0.0231. The van der Waals surface area contributed by atoms with Crippen LogP contribution in [0.3, 0.4) is 0 Å². The van der Waals surface area contributed by atoms with Crippen molar-refractivity contribution < 1.29 is 14.7 Å². The first-order chi connectivity index (χ1) is 7.59. The Morgan fingerprint density at radius 1 is 1.38 bits per heavy atom. The molecule has 1 aromatic rings. The zero-order chi connectivity index (χ0) is 12.0. The van der Waals surface area contributed by atoms with Gasteiger partial charge in [0.25, 0.3) is 0 Å². The van der Waals surface area contributed by atoms with Gasteiger partial charge in [0.05, 0.1) is 11.3 Å². The van der Waals surface area contributed by atoms with E-state index in [4.69, 9.17) is 5.11 Å². The van der Waals surface area contributed by atoms with Crippen molar-refractivity contribution in [3.05, 3.63) is 35.9 Å². The molecule has 84 valence electrons. The Labute approximate surface area is 102 Å². The van der Waals surface area contributed by atoms with E-state index in [2.05, 4.69) is 17.5 Å². The van der Waals surface area contributed by atoms with Gasteiger partial charge in [-0.3, -0.25) is 4.79 Å². The van der Waals surface area contributed by atoms with E-state index in [0.717, 1.165) is 0 Å². The summed E-state index contributed by atoms with van der Waals surface area (Å²) in [7, 11) is 0. The van der Waals surface area contributed by atoms with Crippen LogP contribution in [-0.2, 0) is 4.79 Å². The number of carbonyl (C=O) groups is 2. The molecule has 0 unspecified atom stereocenters. The zero-order valence-corrected chi connectivity index (χ0v) is 9.81. The third kappa shape index (κ3) is 4.41. The highest BCUT2D eigenvalue weighted by atomic mass is 32.2. The molecular weight excluding hydrogens is 246 g/mol. The molecule has 0 atom stereocenters. The van der Waals surface area contributed by atoms with E-state index in [1.54, 1.807) is 30.3 Å². The fourth-order valence-electron chi connectivity index (χ4n) is 0.898. The Balaban J connectivity index is 0.000000165. The summed E-state index contributed by atoms with van der Waals surface area (Å²) < 4.78 is 0.602. The Bertz CT molecular complexity index is 392. The standard InChI is InChI=1S/C7H6O2.C3H3NOS2/c8-7(9)6-4-2-1-3-5-6;5-2-1-7-3(6)4-2/h1-5H,(H,8,9);1H2,(H,4,5,6). The van der Waals surface area contributed by atoms with Gasteiger partial charge in [0.2, 0.25) is 5.91 Å². The van der Waals surface area contributed by atoms with Crippen LogP contribution in [0, 0.1) is 0 Å². The number of aromatic carboxylic acids is 1. The second kappa shape index (κ2) is 6.24. The molecule has 1 aromatic carbocycles. The molecule has 16 heavy (non-hydrogen) atoms. The van der Waals surface area contributed by atoms with Crippen LogP contribution < -0.4 is 5.32 Å². The molecule has 0 aliphatic carbocycles. The number of carbonyl (C=O) groups excluding carboxylic acids is 1. The zero-order valence-electron chi connectivity index (χ0n) is 8.17. The van der Waals surface area contributed by atoms with Crippen molar-refractivity contribution in [2.45, 2.75) is 0 Å². The maximum Gasteiger partial charge on any atom is 0.335 e. The van der Waals surface area contributed by atoms with Crippen molar-refractivity contribution in [1.82, 2.24) is 5.32 Å². The first-order valence-corrected chi connectivity index (χ1v) is 5.74. The number of thioether (sulfide) groups is 1. The Morgan fingerprint density at radius 3 is 2.25 bits per heavy atom. The van der Waals surface area contributed by atoms with Crippen LogP contribution in [0.15, 0.2) is 30.3 Å². The molecular formula is C10H9NO3S2. The first-order valence-electron chi connectivity index (χ1n) is 4.34. The summed E-state index contributed by atoms with van der Waals surface area (Å²) in [5.74, 6) is -0.357. The first kappa shape index (κ1) is 12.7. The highest BCUT2D eigenvalue weighted by molar-refractivity contribution is 8.24. The summed E-state index contributed by atoms with van der Waals surface area (Å²) in [6.07, 6.45) is 0. The molecule has 0 aromatic heterocycles. The van der Waals surface area contributed by atoms with Gasteiger partial charge in [-0.25, -0.2) is 4.79 Å². The number of carboxylic acids is 1. The van der Waals surface area contributed by atoms with Crippen LogP contribution in [0.5, 0.6) is 0 Å². The number of carboxylic acid groups (broad SMARTS) is 1. The molecule has 0 bridgehead atoms. The normalized spacial score (nSPS) is 13.8. The van der Waals surface area contributed by atoms with Crippen molar-refractivity contribution in [3.63, 3.8) is 0 Å². The number of nitrogens with one attached hydrogen (secondary N) is 1. The Kier molecular flexibility index (Phi) is 4.94. The molecule has 2 rings (SSSR count). The minimum Gasteiger partial charge on any atom is -0.478 e. The van der Waals surface area contributed by atoms with Crippen LogP contribution in [0.2, 0.25) is 0 Å². The largest absolute Gasteiger partial charge is 0.478 e. The van der Waals surface area contributed by atoms with Crippen LogP contribution >= 0.6 is 24.0 Å². The van der Waals surface area contributed by atoms with Gasteiger partial charge in [0.15, 0.2) is 0 Å². The molecule has 1 heterocycles. The summed E-state index contributed by atoms with van der Waals surface area (Å²) in [6.45, 7) is 0. The number of benzene rings is 1. The summed E-state index contributed by atoms with van der Waals surface area (Å²) >= 11 is 6.00. The van der Waals surface area contributed by atoms with Crippen molar-refractivity contribution in [1.29, 1.82) is 0 Å². The van der Waals surface area contributed by atoms with Gasteiger partial charge in [-0.1, -0.05) is 42.2 Å². The summed E-state index contributed by atoms with van der Waals surface area (Å²) in [4.78, 5) is 20.4. The molecule has 1 fully saturated rings. The fourth-order valence-corrected chi connectivity index (χ4v) is 1.71. The molecule has 1 amide bonds. The summed E-state index contributed by atoms with van der Waals surface area (Å²) in [6, 6.07) is 8.30. The average Bonchev–Trinajstić information content (AvgIpc) is 2.65. The number of thiocarbonyl (C=S) groups is 1. The molecule has 1 saturated heterocycles. The van der Waals surface area contributed by atoms with Crippen molar-refractivity contribution in [2.24, 2.45) is 0 Å². The third-order valence-electron chi connectivity index (χ3n) is 1.60. The van der Waals surface area contributed by atoms with Crippen LogP contribution in [0.25, 0.3) is 0 Å². The van der Waals surface area contributed by atoms with E-state index in [-0.39, 0.29) is 5.91 Å². The molecule has 1 aliphatic heterocycles. The summed E-state index contributed by atoms with van der Waals surface area (Å²) in [5.41, 5.74) is 0.331. The molecule has 0 spiro atoms. The number of amides is 1. The monoisotopic (exact) mass is 255 g/mol. The maximum absolute atomic E-state index is 10.2. The van der Waals surface area contributed by atoms with Crippen molar-refractivity contribution in [3.8, 4) is 0 Å². The number of hydrogen-bond acceptors (Lipinski definition) is 4. The highest BCUT2D eigenvalue weighted by Crippen LogP contribution is 2.07. The van der Waals surface area contributed by atoms with Crippen molar-refractivity contribution >= 4 is 40.2 Å². The molecule has 0 radical (unpaired) electrons. The molecule has 4 nitrogen and oxygen atoms in total. The maximum atomic E-state index is 10.2. The van der Waals surface area contributed by atoms with E-state index < -0.39 is 5.97 Å². The van der Waals surface area contributed by atoms with Crippen LogP contribution in [0.4, 0.5) is 0 Å². The molecule has 0 saturated carbocycles. The lowest BCUT2D eigenvalue weighted by atomic mass is 10.2.